The van der Waals surface area contributed by atoms with Gasteiger partial charge in [0.1, 0.15) is 11.5 Å². The number of aliphatic hydroxyl groups excluding tert-OH is 1. The number of aromatic hydroxyl groups is 1. The van der Waals surface area contributed by atoms with Crippen molar-refractivity contribution in [3.8, 4) is 5.75 Å². The number of hydrogen-bond donors (Lipinski definition) is 3. The summed E-state index contributed by atoms with van der Waals surface area (Å²) in [5, 5.41) is 34.3. The van der Waals surface area contributed by atoms with E-state index in [-0.39, 0.29) is 35.3 Å². The molecule has 4 aliphatic rings. The predicted molar refractivity (Wildman–Crippen MR) is 143 cm³/mol. The fourth-order valence-corrected chi connectivity index (χ4v) is 7.78. The van der Waals surface area contributed by atoms with E-state index in [1.165, 1.54) is 18.6 Å². The topological polar surface area (TPSA) is 112 Å². The second-order valence-electron chi connectivity index (χ2n) is 12.0. The van der Waals surface area contributed by atoms with Crippen LogP contribution in [-0.2, 0) is 27.2 Å². The van der Waals surface area contributed by atoms with Gasteiger partial charge in [-0.1, -0.05) is 55.8 Å². The van der Waals surface area contributed by atoms with Gasteiger partial charge in [-0.2, -0.15) is 0 Å². The first-order valence-corrected chi connectivity index (χ1v) is 12.9. The molecule has 194 valence electrons. The third-order valence-corrected chi connectivity index (χ3v) is 9.25. The van der Waals surface area contributed by atoms with E-state index in [9.17, 15) is 29.7 Å². The number of ketones is 3. The largest absolute Gasteiger partial charge is 0.507 e. The molecule has 3 N–H and O–H groups in total. The van der Waals surface area contributed by atoms with Gasteiger partial charge in [0.2, 0.25) is 11.6 Å². The number of carbonyl (C=O) groups excluding carboxylic acids is 3. The number of rotatable bonds is 2. The third kappa shape index (κ3) is 2.95. The first kappa shape index (κ1) is 24.6. The number of benzene rings is 2. The molecule has 0 aromatic heterocycles. The zero-order valence-electron chi connectivity index (χ0n) is 21.9. The summed E-state index contributed by atoms with van der Waals surface area (Å²) < 4.78 is 0. The summed E-state index contributed by atoms with van der Waals surface area (Å²) >= 11 is 0. The zero-order valence-corrected chi connectivity index (χ0v) is 21.9. The second kappa shape index (κ2) is 7.64. The van der Waals surface area contributed by atoms with Gasteiger partial charge in [0.25, 0.3) is 0 Å². The van der Waals surface area contributed by atoms with Crippen molar-refractivity contribution in [1.82, 2.24) is 0 Å². The van der Waals surface area contributed by atoms with E-state index in [0.717, 1.165) is 22.3 Å². The van der Waals surface area contributed by atoms with E-state index >= 15 is 0 Å². The average Bonchev–Trinajstić information content (AvgIpc) is 3.25. The Kier molecular flexibility index (Phi) is 4.94. The summed E-state index contributed by atoms with van der Waals surface area (Å²) in [5.41, 5.74) is 0.998. The number of aliphatic hydroxyl groups is 2. The molecule has 4 aliphatic carbocycles. The first-order chi connectivity index (χ1) is 17.8. The molecule has 0 radical (unpaired) electrons. The lowest BCUT2D eigenvalue weighted by atomic mass is 9.46. The third-order valence-electron chi connectivity index (χ3n) is 9.25. The van der Waals surface area contributed by atoms with Crippen molar-refractivity contribution in [2.75, 3.05) is 0 Å². The van der Waals surface area contributed by atoms with Crippen LogP contribution < -0.4 is 0 Å². The summed E-state index contributed by atoms with van der Waals surface area (Å²) in [6, 6.07) is 11.5. The Bertz CT molecular complexity index is 1600. The molecule has 0 saturated heterocycles. The van der Waals surface area contributed by atoms with Crippen molar-refractivity contribution in [3.05, 3.63) is 80.9 Å². The van der Waals surface area contributed by atoms with Crippen LogP contribution in [0.1, 0.15) is 68.4 Å². The number of allylic oxidation sites excluding steroid dienone is 2. The highest BCUT2D eigenvalue weighted by Gasteiger charge is 2.69. The molecular weight excluding hydrogens is 480 g/mol. The molecule has 0 heterocycles. The Morgan fingerprint density at radius 3 is 2.37 bits per heavy atom. The van der Waals surface area contributed by atoms with Gasteiger partial charge in [-0.15, -0.1) is 0 Å². The molecule has 6 rings (SSSR count). The molecule has 0 unspecified atom stereocenters. The van der Waals surface area contributed by atoms with Crippen LogP contribution in [0.15, 0.2) is 53.1 Å². The van der Waals surface area contributed by atoms with Gasteiger partial charge in [0.05, 0.1) is 11.1 Å². The molecule has 1 fully saturated rings. The minimum atomic E-state index is -2.48. The number of carbonyl (C=O) groups is 3. The average molecular weight is 511 g/mol. The maximum atomic E-state index is 14.1. The summed E-state index contributed by atoms with van der Waals surface area (Å²) in [4.78, 5) is 40.0. The normalized spacial score (nSPS) is 30.0. The Balaban J connectivity index is 1.55. The van der Waals surface area contributed by atoms with Crippen molar-refractivity contribution >= 4 is 34.8 Å². The van der Waals surface area contributed by atoms with Crippen LogP contribution >= 0.6 is 0 Å². The van der Waals surface area contributed by atoms with Gasteiger partial charge in [-0.3, -0.25) is 14.4 Å². The monoisotopic (exact) mass is 510 g/mol. The van der Waals surface area contributed by atoms with Crippen LogP contribution in [0.25, 0.3) is 17.4 Å². The molecule has 0 spiro atoms. The van der Waals surface area contributed by atoms with Crippen LogP contribution in [0.2, 0.25) is 0 Å². The second-order valence-corrected chi connectivity index (χ2v) is 12.0. The van der Waals surface area contributed by atoms with Gasteiger partial charge in [0, 0.05) is 16.4 Å². The molecule has 1 saturated carbocycles. The standard InChI is InChI=1S/C32H30O6/c1-16-13-31(4)15-30(3)14-22-21(20-11-18-7-5-6-8-19(18)12-20)9-10-23(34)25(22)27(35)26(30)29(37)32(31,38)28(36)24(16)17(2)33/h5-11,34-35,38H,12-15H2,1-4H3/t30-,31+,32+/m1/s1. The molecule has 0 bridgehead atoms. The SMILES string of the molecule is CC(=O)C1=C(C)C[C@@]2(C)C[C@@]3(C)Cc4c(C5=Cc6ccccc6C5)ccc(O)c4C(O)=C3C(=O)[C@@]2(O)C1=O. The van der Waals surface area contributed by atoms with Crippen molar-refractivity contribution < 1.29 is 29.7 Å². The molecule has 6 heteroatoms. The number of hydrogen-bond acceptors (Lipinski definition) is 6. The molecule has 38 heavy (non-hydrogen) atoms. The molecule has 0 aliphatic heterocycles. The number of phenols is 1. The zero-order chi connectivity index (χ0) is 27.4. The van der Waals surface area contributed by atoms with Crippen molar-refractivity contribution in [1.29, 1.82) is 0 Å². The van der Waals surface area contributed by atoms with Gasteiger partial charge < -0.3 is 15.3 Å². The fourth-order valence-electron chi connectivity index (χ4n) is 7.78. The van der Waals surface area contributed by atoms with Gasteiger partial charge in [-0.05, 0) is 73.4 Å². The van der Waals surface area contributed by atoms with Gasteiger partial charge in [0.15, 0.2) is 11.4 Å². The van der Waals surface area contributed by atoms with E-state index in [0.29, 0.717) is 18.4 Å². The Hall–Kier alpha value is -3.77. The number of Topliss-reactive ketones (excluding diaryl/α,β-unsaturated/α-hetero) is 3. The van der Waals surface area contributed by atoms with Crippen LogP contribution in [0.3, 0.4) is 0 Å². The Labute approximate surface area is 221 Å². The molecule has 2 aromatic rings. The van der Waals surface area contributed by atoms with Crippen LogP contribution in [0, 0.1) is 10.8 Å². The molecule has 0 amide bonds. The summed E-state index contributed by atoms with van der Waals surface area (Å²) in [6.45, 7) is 6.55. The molecule has 3 atom stereocenters. The molecule has 2 aromatic carbocycles. The predicted octanol–water partition coefficient (Wildman–Crippen LogP) is 4.91. The highest BCUT2D eigenvalue weighted by molar-refractivity contribution is 6.33. The van der Waals surface area contributed by atoms with Crippen molar-refractivity contribution in [3.63, 3.8) is 0 Å². The van der Waals surface area contributed by atoms with Gasteiger partial charge in [-0.25, -0.2) is 0 Å². The quantitative estimate of drug-likeness (QED) is 0.391. The molecular formula is C32H30O6. The fraction of sp³-hybridized carbons (Fsp3) is 0.344. The van der Waals surface area contributed by atoms with E-state index in [2.05, 4.69) is 18.2 Å². The summed E-state index contributed by atoms with van der Waals surface area (Å²) in [7, 11) is 0. The van der Waals surface area contributed by atoms with Crippen molar-refractivity contribution in [2.24, 2.45) is 10.8 Å². The van der Waals surface area contributed by atoms with Crippen LogP contribution in [0.5, 0.6) is 5.75 Å². The Morgan fingerprint density at radius 1 is 0.974 bits per heavy atom. The Morgan fingerprint density at radius 2 is 1.68 bits per heavy atom. The highest BCUT2D eigenvalue weighted by atomic mass is 16.3. The summed E-state index contributed by atoms with van der Waals surface area (Å²) in [5.74, 6) is -2.86. The molecule has 6 nitrogen and oxygen atoms in total. The highest BCUT2D eigenvalue weighted by Crippen LogP contribution is 2.62. The minimum Gasteiger partial charge on any atom is -0.507 e. The maximum absolute atomic E-state index is 14.1. The van der Waals surface area contributed by atoms with E-state index < -0.39 is 39.5 Å². The van der Waals surface area contributed by atoms with E-state index in [1.807, 2.05) is 25.1 Å². The van der Waals surface area contributed by atoms with E-state index in [4.69, 9.17) is 0 Å². The number of phenolic OH excluding ortho intramolecular Hbond substituents is 1. The van der Waals surface area contributed by atoms with Crippen LogP contribution in [-0.4, -0.2) is 38.3 Å². The number of fused-ring (bicyclic) bond motifs is 4. The lowest BCUT2D eigenvalue weighted by molar-refractivity contribution is -0.171. The lowest BCUT2D eigenvalue weighted by Crippen LogP contribution is -2.67. The van der Waals surface area contributed by atoms with Crippen LogP contribution in [0.4, 0.5) is 0 Å². The summed E-state index contributed by atoms with van der Waals surface area (Å²) in [6.07, 6.45) is 3.62. The lowest BCUT2D eigenvalue weighted by Gasteiger charge is -2.56. The van der Waals surface area contributed by atoms with Gasteiger partial charge >= 0.3 is 0 Å². The van der Waals surface area contributed by atoms with E-state index in [1.54, 1.807) is 13.8 Å². The smallest absolute Gasteiger partial charge is 0.206 e. The van der Waals surface area contributed by atoms with Crippen molar-refractivity contribution in [2.45, 2.75) is 59.0 Å². The maximum Gasteiger partial charge on any atom is 0.206 e. The first-order valence-electron chi connectivity index (χ1n) is 12.9. The minimum absolute atomic E-state index is 0.0584.